The Balaban J connectivity index is 1.62. The van der Waals surface area contributed by atoms with Crippen LogP contribution in [0.3, 0.4) is 0 Å². The summed E-state index contributed by atoms with van der Waals surface area (Å²) in [7, 11) is 0. The molecule has 0 amide bonds. The zero-order chi connectivity index (χ0) is 19.3. The molecular weight excluding hydrogens is 353 g/mol. The molecule has 0 aliphatic heterocycles. The van der Waals surface area contributed by atoms with Crippen LogP contribution in [0.4, 0.5) is 4.39 Å². The zero-order valence-electron chi connectivity index (χ0n) is 15.9. The molecule has 5 nitrogen and oxygen atoms in total. The summed E-state index contributed by atoms with van der Waals surface area (Å²) < 4.78 is 16.7. The van der Waals surface area contributed by atoms with Crippen molar-refractivity contribution in [2.45, 2.75) is 39.5 Å². The number of benzene rings is 1. The fraction of sp³-hybridized carbons (Fsp3) is 0.273. The summed E-state index contributed by atoms with van der Waals surface area (Å²) in [6, 6.07) is 7.12. The summed E-state index contributed by atoms with van der Waals surface area (Å²) in [5.74, 6) is -0.304. The van der Waals surface area contributed by atoms with E-state index in [2.05, 4.69) is 26.4 Å². The Morgan fingerprint density at radius 2 is 1.89 bits per heavy atom. The lowest BCUT2D eigenvalue weighted by Crippen LogP contribution is -2.00. The third-order valence-electron chi connectivity index (χ3n) is 5.30. The van der Waals surface area contributed by atoms with Crippen LogP contribution in [-0.2, 0) is 0 Å². The summed E-state index contributed by atoms with van der Waals surface area (Å²) in [5.41, 5.74) is 6.55. The van der Waals surface area contributed by atoms with Crippen LogP contribution in [0, 0.1) is 19.7 Å². The van der Waals surface area contributed by atoms with E-state index in [1.54, 1.807) is 4.52 Å². The van der Waals surface area contributed by atoms with E-state index in [1.165, 1.54) is 18.1 Å². The van der Waals surface area contributed by atoms with Crippen molar-refractivity contribution >= 4 is 22.1 Å². The first-order chi connectivity index (χ1) is 13.6. The molecule has 0 radical (unpaired) electrons. The summed E-state index contributed by atoms with van der Waals surface area (Å²) >= 11 is 0. The van der Waals surface area contributed by atoms with Gasteiger partial charge in [-0.1, -0.05) is 6.08 Å². The van der Waals surface area contributed by atoms with Crippen LogP contribution in [0.15, 0.2) is 36.5 Å². The van der Waals surface area contributed by atoms with Crippen LogP contribution in [0.1, 0.15) is 42.6 Å². The van der Waals surface area contributed by atoms with E-state index in [9.17, 15) is 4.39 Å². The summed E-state index contributed by atoms with van der Waals surface area (Å²) in [6.45, 7) is 3.91. The molecular formula is C22H20FN5. The van der Waals surface area contributed by atoms with Gasteiger partial charge < -0.3 is 0 Å². The first kappa shape index (κ1) is 17.0. The SMILES string of the molecule is Cc1cn2nc(-c3cc(F)c4cc(C5=CCCCC5)nnc4c3)cc(C)c2n1. The van der Waals surface area contributed by atoms with Gasteiger partial charge in [0.2, 0.25) is 0 Å². The largest absolute Gasteiger partial charge is 0.232 e. The van der Waals surface area contributed by atoms with Crippen LogP contribution in [0.5, 0.6) is 0 Å². The zero-order valence-corrected chi connectivity index (χ0v) is 15.9. The van der Waals surface area contributed by atoms with Gasteiger partial charge in [0.15, 0.2) is 5.65 Å². The molecule has 0 saturated carbocycles. The fourth-order valence-electron chi connectivity index (χ4n) is 3.86. The van der Waals surface area contributed by atoms with Gasteiger partial charge in [-0.05, 0) is 74.9 Å². The minimum absolute atomic E-state index is 0.304. The predicted molar refractivity (Wildman–Crippen MR) is 107 cm³/mol. The maximum absolute atomic E-state index is 15.0. The van der Waals surface area contributed by atoms with E-state index in [1.807, 2.05) is 38.2 Å². The highest BCUT2D eigenvalue weighted by atomic mass is 19.1. The van der Waals surface area contributed by atoms with Crippen molar-refractivity contribution in [1.29, 1.82) is 0 Å². The summed E-state index contributed by atoms with van der Waals surface area (Å²) in [5, 5.41) is 13.8. The van der Waals surface area contributed by atoms with Crippen LogP contribution >= 0.6 is 0 Å². The molecule has 1 aliphatic rings. The van der Waals surface area contributed by atoms with E-state index in [0.29, 0.717) is 22.2 Å². The number of fused-ring (bicyclic) bond motifs is 2. The van der Waals surface area contributed by atoms with Gasteiger partial charge in [0, 0.05) is 10.9 Å². The number of aromatic nitrogens is 5. The lowest BCUT2D eigenvalue weighted by atomic mass is 9.96. The van der Waals surface area contributed by atoms with E-state index in [0.717, 1.165) is 41.9 Å². The van der Waals surface area contributed by atoms with Gasteiger partial charge in [0.25, 0.3) is 0 Å². The molecule has 5 rings (SSSR count). The molecule has 0 N–H and O–H groups in total. The summed E-state index contributed by atoms with van der Waals surface area (Å²) in [4.78, 5) is 4.47. The predicted octanol–water partition coefficient (Wildman–Crippen LogP) is 5.05. The smallest absolute Gasteiger partial charge is 0.156 e. The molecule has 0 unspecified atom stereocenters. The van der Waals surface area contributed by atoms with Gasteiger partial charge in [-0.3, -0.25) is 0 Å². The Kier molecular flexibility index (Phi) is 3.93. The monoisotopic (exact) mass is 373 g/mol. The number of rotatable bonds is 2. The van der Waals surface area contributed by atoms with Crippen LogP contribution in [0.2, 0.25) is 0 Å². The van der Waals surface area contributed by atoms with Gasteiger partial charge in [-0.25, -0.2) is 13.9 Å². The first-order valence-electron chi connectivity index (χ1n) is 9.59. The van der Waals surface area contributed by atoms with E-state index in [-0.39, 0.29) is 5.82 Å². The number of allylic oxidation sites excluding steroid dienone is 2. The standard InChI is InChI=1S/C22H20FN5/c1-13-8-20(27-28-12-14(2)24-22(13)28)16-9-18(23)17-11-19(25-26-21(17)10-16)15-6-4-3-5-7-15/h6,8-12H,3-5,7H2,1-2H3. The van der Waals surface area contributed by atoms with Crippen molar-refractivity contribution in [3.63, 3.8) is 0 Å². The average molecular weight is 373 g/mol. The number of hydrogen-bond acceptors (Lipinski definition) is 4. The molecule has 3 aromatic heterocycles. The third-order valence-corrected chi connectivity index (χ3v) is 5.30. The molecule has 3 heterocycles. The molecule has 140 valence electrons. The summed E-state index contributed by atoms with van der Waals surface area (Å²) in [6.07, 6.45) is 8.45. The minimum Gasteiger partial charge on any atom is -0.232 e. The van der Waals surface area contributed by atoms with Crippen LogP contribution in [0.25, 0.3) is 33.4 Å². The van der Waals surface area contributed by atoms with Gasteiger partial charge >= 0.3 is 0 Å². The highest BCUT2D eigenvalue weighted by molar-refractivity contribution is 5.86. The number of imidazole rings is 1. The second kappa shape index (κ2) is 6.48. The van der Waals surface area contributed by atoms with Crippen molar-refractivity contribution in [3.05, 3.63) is 59.3 Å². The molecule has 0 saturated heterocycles. The topological polar surface area (TPSA) is 56.0 Å². The van der Waals surface area contributed by atoms with Gasteiger partial charge in [-0.15, -0.1) is 5.10 Å². The normalized spacial score (nSPS) is 14.6. The van der Waals surface area contributed by atoms with Crippen molar-refractivity contribution in [2.24, 2.45) is 0 Å². The van der Waals surface area contributed by atoms with E-state index >= 15 is 0 Å². The van der Waals surface area contributed by atoms with Crippen molar-refractivity contribution in [3.8, 4) is 11.3 Å². The Hall–Kier alpha value is -3.15. The Morgan fingerprint density at radius 3 is 2.71 bits per heavy atom. The molecule has 1 aliphatic carbocycles. The Labute approximate surface area is 161 Å². The maximum Gasteiger partial charge on any atom is 0.156 e. The number of aryl methyl sites for hydroxylation is 2. The first-order valence-corrected chi connectivity index (χ1v) is 9.59. The number of halogens is 1. The average Bonchev–Trinajstić information content (AvgIpc) is 3.09. The van der Waals surface area contributed by atoms with Crippen LogP contribution < -0.4 is 0 Å². The fourth-order valence-corrected chi connectivity index (χ4v) is 3.86. The van der Waals surface area contributed by atoms with Crippen LogP contribution in [-0.4, -0.2) is 24.8 Å². The molecule has 4 aromatic rings. The number of nitrogens with zero attached hydrogens (tertiary/aromatic N) is 5. The Morgan fingerprint density at radius 1 is 1.00 bits per heavy atom. The second-order valence-electron chi connectivity index (χ2n) is 7.46. The van der Waals surface area contributed by atoms with Gasteiger partial charge in [0.05, 0.1) is 28.8 Å². The minimum atomic E-state index is -0.304. The van der Waals surface area contributed by atoms with E-state index in [4.69, 9.17) is 0 Å². The molecule has 0 fully saturated rings. The lowest BCUT2D eigenvalue weighted by Gasteiger charge is -2.12. The van der Waals surface area contributed by atoms with Crippen molar-refractivity contribution < 1.29 is 4.39 Å². The second-order valence-corrected chi connectivity index (χ2v) is 7.46. The van der Waals surface area contributed by atoms with Crippen molar-refractivity contribution in [1.82, 2.24) is 24.8 Å². The molecule has 1 aromatic carbocycles. The number of hydrogen-bond donors (Lipinski definition) is 0. The third kappa shape index (κ3) is 2.85. The van der Waals surface area contributed by atoms with Gasteiger partial charge in [-0.2, -0.15) is 10.2 Å². The lowest BCUT2D eigenvalue weighted by molar-refractivity contribution is 0.639. The highest BCUT2D eigenvalue weighted by Crippen LogP contribution is 2.30. The Bertz CT molecular complexity index is 1250. The van der Waals surface area contributed by atoms with Crippen molar-refractivity contribution in [2.75, 3.05) is 0 Å². The van der Waals surface area contributed by atoms with E-state index < -0.39 is 0 Å². The highest BCUT2D eigenvalue weighted by Gasteiger charge is 2.14. The molecule has 0 spiro atoms. The molecule has 28 heavy (non-hydrogen) atoms. The molecule has 0 atom stereocenters. The van der Waals surface area contributed by atoms with Gasteiger partial charge in [0.1, 0.15) is 5.82 Å². The maximum atomic E-state index is 15.0. The molecule has 6 heteroatoms. The molecule has 0 bridgehead atoms. The quantitative estimate of drug-likeness (QED) is 0.493.